The van der Waals surface area contributed by atoms with Crippen LogP contribution in [0.5, 0.6) is 0 Å². The maximum atomic E-state index is 5.68. The van der Waals surface area contributed by atoms with Crippen molar-refractivity contribution >= 4 is 23.0 Å². The van der Waals surface area contributed by atoms with Gasteiger partial charge < -0.3 is 15.8 Å². The molecule has 1 unspecified atom stereocenters. The monoisotopic (exact) mass is 251 g/mol. The molecule has 5 heteroatoms. The van der Waals surface area contributed by atoms with Crippen molar-refractivity contribution in [2.45, 2.75) is 13.3 Å². The Labute approximate surface area is 107 Å². The number of hydrogen-bond acceptors (Lipinski definition) is 4. The van der Waals surface area contributed by atoms with E-state index in [2.05, 4.69) is 10.3 Å². The van der Waals surface area contributed by atoms with Crippen molar-refractivity contribution in [3.05, 3.63) is 23.4 Å². The lowest BCUT2D eigenvalue weighted by molar-refractivity contribution is 0.187. The zero-order chi connectivity index (χ0) is 12.3. The predicted octanol–water partition coefficient (Wildman–Crippen LogP) is 1.47. The molecule has 1 aliphatic heterocycles. The lowest BCUT2D eigenvalue weighted by Crippen LogP contribution is -2.19. The second-order valence-electron chi connectivity index (χ2n) is 4.32. The van der Waals surface area contributed by atoms with Gasteiger partial charge in [0.1, 0.15) is 10.8 Å². The maximum absolute atomic E-state index is 5.68. The van der Waals surface area contributed by atoms with Crippen LogP contribution in [0, 0.1) is 12.8 Å². The van der Waals surface area contributed by atoms with E-state index in [-0.39, 0.29) is 0 Å². The van der Waals surface area contributed by atoms with Gasteiger partial charge >= 0.3 is 0 Å². The van der Waals surface area contributed by atoms with Crippen molar-refractivity contribution in [2.24, 2.45) is 11.7 Å². The minimum Gasteiger partial charge on any atom is -0.389 e. The number of rotatable bonds is 4. The van der Waals surface area contributed by atoms with Gasteiger partial charge in [0.25, 0.3) is 0 Å². The number of hydrogen-bond donors (Lipinski definition) is 2. The molecule has 1 atom stereocenters. The average molecular weight is 251 g/mol. The molecule has 0 bridgehead atoms. The van der Waals surface area contributed by atoms with Gasteiger partial charge in [0.2, 0.25) is 0 Å². The van der Waals surface area contributed by atoms with E-state index in [1.165, 1.54) is 0 Å². The zero-order valence-electron chi connectivity index (χ0n) is 9.90. The third-order valence-electron chi connectivity index (χ3n) is 2.88. The van der Waals surface area contributed by atoms with Crippen LogP contribution < -0.4 is 11.1 Å². The van der Waals surface area contributed by atoms with E-state index in [4.69, 9.17) is 22.7 Å². The number of thiocarbonyl (C=S) groups is 1. The van der Waals surface area contributed by atoms with Crippen LogP contribution >= 0.6 is 12.2 Å². The van der Waals surface area contributed by atoms with E-state index in [1.807, 2.05) is 19.1 Å². The molecule has 0 aliphatic carbocycles. The van der Waals surface area contributed by atoms with Crippen molar-refractivity contribution in [1.29, 1.82) is 0 Å². The number of aryl methyl sites for hydroxylation is 1. The first-order valence-electron chi connectivity index (χ1n) is 5.76. The highest BCUT2D eigenvalue weighted by atomic mass is 32.1. The fourth-order valence-electron chi connectivity index (χ4n) is 1.88. The molecule has 0 saturated carbocycles. The molecule has 1 aliphatic rings. The van der Waals surface area contributed by atoms with Gasteiger partial charge in [-0.3, -0.25) is 0 Å². The van der Waals surface area contributed by atoms with Gasteiger partial charge in [-0.2, -0.15) is 0 Å². The van der Waals surface area contributed by atoms with Crippen LogP contribution in [-0.4, -0.2) is 29.7 Å². The SMILES string of the molecule is Cc1ccc(C(N)=S)c(NCC2CCOC2)n1. The van der Waals surface area contributed by atoms with Gasteiger partial charge in [-0.05, 0) is 25.5 Å². The molecule has 0 aromatic carbocycles. The Kier molecular flexibility index (Phi) is 3.91. The van der Waals surface area contributed by atoms with E-state index in [0.29, 0.717) is 10.9 Å². The molecule has 2 rings (SSSR count). The molecule has 17 heavy (non-hydrogen) atoms. The summed E-state index contributed by atoms with van der Waals surface area (Å²) in [5, 5.41) is 3.32. The lowest BCUT2D eigenvalue weighted by atomic mass is 10.1. The smallest absolute Gasteiger partial charge is 0.136 e. The number of ether oxygens (including phenoxy) is 1. The van der Waals surface area contributed by atoms with Crippen molar-refractivity contribution < 1.29 is 4.74 Å². The molecule has 4 nitrogen and oxygen atoms in total. The molecule has 1 aromatic rings. The molecule has 3 N–H and O–H groups in total. The largest absolute Gasteiger partial charge is 0.389 e. The van der Waals surface area contributed by atoms with Crippen LogP contribution in [0.3, 0.4) is 0 Å². The van der Waals surface area contributed by atoms with Gasteiger partial charge in [-0.1, -0.05) is 12.2 Å². The zero-order valence-corrected chi connectivity index (χ0v) is 10.7. The number of nitrogens with two attached hydrogens (primary N) is 1. The van der Waals surface area contributed by atoms with Crippen molar-refractivity contribution in [1.82, 2.24) is 4.98 Å². The Bertz CT molecular complexity index is 416. The topological polar surface area (TPSA) is 60.2 Å². The summed E-state index contributed by atoms with van der Waals surface area (Å²) < 4.78 is 5.34. The normalized spacial score (nSPS) is 19.2. The fourth-order valence-corrected chi connectivity index (χ4v) is 2.04. The predicted molar refractivity (Wildman–Crippen MR) is 72.3 cm³/mol. The molecule has 0 amide bonds. The van der Waals surface area contributed by atoms with Crippen LogP contribution in [-0.2, 0) is 4.74 Å². The van der Waals surface area contributed by atoms with Crippen LogP contribution in [0.4, 0.5) is 5.82 Å². The average Bonchev–Trinajstić information content (AvgIpc) is 2.78. The van der Waals surface area contributed by atoms with Gasteiger partial charge in [-0.25, -0.2) is 4.98 Å². The third kappa shape index (κ3) is 3.14. The first kappa shape index (κ1) is 12.3. The minimum absolute atomic E-state index is 0.377. The van der Waals surface area contributed by atoms with Crippen molar-refractivity contribution in [3.63, 3.8) is 0 Å². The number of nitrogens with zero attached hydrogens (tertiary/aromatic N) is 1. The van der Waals surface area contributed by atoms with Crippen LogP contribution in [0.15, 0.2) is 12.1 Å². The summed E-state index contributed by atoms with van der Waals surface area (Å²) in [5.74, 6) is 1.33. The summed E-state index contributed by atoms with van der Waals surface area (Å²) in [4.78, 5) is 4.81. The highest BCUT2D eigenvalue weighted by Gasteiger charge is 2.16. The maximum Gasteiger partial charge on any atom is 0.136 e. The minimum atomic E-state index is 0.377. The number of pyridine rings is 1. The Morgan fingerprint density at radius 3 is 3.12 bits per heavy atom. The van der Waals surface area contributed by atoms with Gasteiger partial charge in [0.15, 0.2) is 0 Å². The molecular weight excluding hydrogens is 234 g/mol. The van der Waals surface area contributed by atoms with Gasteiger partial charge in [0.05, 0.1) is 12.2 Å². The van der Waals surface area contributed by atoms with Crippen molar-refractivity contribution in [3.8, 4) is 0 Å². The first-order valence-corrected chi connectivity index (χ1v) is 6.16. The number of anilines is 1. The van der Waals surface area contributed by atoms with Crippen LogP contribution in [0.25, 0.3) is 0 Å². The third-order valence-corrected chi connectivity index (χ3v) is 3.10. The summed E-state index contributed by atoms with van der Waals surface area (Å²) in [5.41, 5.74) is 7.44. The molecule has 0 radical (unpaired) electrons. The second-order valence-corrected chi connectivity index (χ2v) is 4.76. The molecule has 2 heterocycles. The fraction of sp³-hybridized carbons (Fsp3) is 0.500. The number of aromatic nitrogens is 1. The van der Waals surface area contributed by atoms with E-state index in [0.717, 1.165) is 43.3 Å². The van der Waals surface area contributed by atoms with Gasteiger partial charge in [0, 0.05) is 24.8 Å². The summed E-state index contributed by atoms with van der Waals surface area (Å²) in [6, 6.07) is 3.83. The second kappa shape index (κ2) is 5.42. The summed E-state index contributed by atoms with van der Waals surface area (Å²) in [6.45, 7) is 4.48. The molecule has 1 aromatic heterocycles. The molecular formula is C12H17N3OS. The highest BCUT2D eigenvalue weighted by Crippen LogP contribution is 2.17. The van der Waals surface area contributed by atoms with E-state index < -0.39 is 0 Å². The van der Waals surface area contributed by atoms with E-state index >= 15 is 0 Å². The Morgan fingerprint density at radius 2 is 2.47 bits per heavy atom. The van der Waals surface area contributed by atoms with E-state index in [1.54, 1.807) is 0 Å². The quantitative estimate of drug-likeness (QED) is 0.794. The van der Waals surface area contributed by atoms with E-state index in [9.17, 15) is 0 Å². The van der Waals surface area contributed by atoms with Crippen molar-refractivity contribution in [2.75, 3.05) is 25.1 Å². The number of nitrogens with one attached hydrogen (secondary N) is 1. The summed E-state index contributed by atoms with van der Waals surface area (Å²) in [6.07, 6.45) is 1.10. The molecule has 0 spiro atoms. The molecule has 1 fully saturated rings. The van der Waals surface area contributed by atoms with Crippen LogP contribution in [0.1, 0.15) is 17.7 Å². The Hall–Kier alpha value is -1.20. The summed E-state index contributed by atoms with van der Waals surface area (Å²) >= 11 is 5.01. The summed E-state index contributed by atoms with van der Waals surface area (Å²) in [7, 11) is 0. The molecule has 92 valence electrons. The van der Waals surface area contributed by atoms with Crippen LogP contribution in [0.2, 0.25) is 0 Å². The first-order chi connectivity index (χ1) is 8.16. The Balaban J connectivity index is 2.07. The standard InChI is InChI=1S/C12H17N3OS/c1-8-2-3-10(11(13)17)12(15-8)14-6-9-4-5-16-7-9/h2-3,9H,4-7H2,1H3,(H2,13,17)(H,14,15). The molecule has 1 saturated heterocycles. The highest BCUT2D eigenvalue weighted by molar-refractivity contribution is 7.80. The Morgan fingerprint density at radius 1 is 1.65 bits per heavy atom. The lowest BCUT2D eigenvalue weighted by Gasteiger charge is -2.13. The van der Waals surface area contributed by atoms with Gasteiger partial charge in [-0.15, -0.1) is 0 Å².